The molecular formula is C9H18N2O3. The first-order chi connectivity index (χ1) is 6.66. The molecule has 0 unspecified atom stereocenters. The van der Waals surface area contributed by atoms with Crippen molar-refractivity contribution in [2.75, 3.05) is 19.6 Å². The molecule has 0 aliphatic carbocycles. The number of rotatable bonds is 8. The number of aliphatic carboxylic acids is 1. The summed E-state index contributed by atoms with van der Waals surface area (Å²) in [5, 5.41) is 14.1. The van der Waals surface area contributed by atoms with Crippen LogP contribution in [0.3, 0.4) is 0 Å². The molecule has 1 amide bonds. The van der Waals surface area contributed by atoms with Crippen molar-refractivity contribution in [2.45, 2.75) is 26.2 Å². The van der Waals surface area contributed by atoms with Gasteiger partial charge in [0.05, 0.1) is 6.42 Å². The lowest BCUT2D eigenvalue weighted by molar-refractivity contribution is -0.138. The molecule has 0 rings (SSSR count). The highest BCUT2D eigenvalue weighted by Gasteiger charge is 2.03. The fraction of sp³-hybridized carbons (Fsp3) is 0.778. The number of hydrogen-bond acceptors (Lipinski definition) is 3. The van der Waals surface area contributed by atoms with E-state index in [1.54, 1.807) is 0 Å². The van der Waals surface area contributed by atoms with Crippen molar-refractivity contribution >= 4 is 11.9 Å². The van der Waals surface area contributed by atoms with Crippen molar-refractivity contribution in [2.24, 2.45) is 0 Å². The van der Waals surface area contributed by atoms with Crippen LogP contribution in [0.5, 0.6) is 0 Å². The average molecular weight is 202 g/mol. The van der Waals surface area contributed by atoms with E-state index in [1.165, 1.54) is 0 Å². The predicted molar refractivity (Wildman–Crippen MR) is 53.0 cm³/mol. The molecule has 0 fully saturated rings. The monoisotopic (exact) mass is 202 g/mol. The molecule has 0 radical (unpaired) electrons. The molecule has 0 aliphatic heterocycles. The molecule has 0 saturated carbocycles. The number of nitrogens with one attached hydrogen (secondary N) is 2. The molecule has 5 nitrogen and oxygen atoms in total. The van der Waals surface area contributed by atoms with Gasteiger partial charge in [0.15, 0.2) is 0 Å². The van der Waals surface area contributed by atoms with Crippen LogP contribution in [0.4, 0.5) is 0 Å². The number of hydrogen-bond donors (Lipinski definition) is 3. The van der Waals surface area contributed by atoms with E-state index in [9.17, 15) is 9.59 Å². The van der Waals surface area contributed by atoms with Crippen LogP contribution in [0.25, 0.3) is 0 Å². The molecule has 0 saturated heterocycles. The van der Waals surface area contributed by atoms with Crippen LogP contribution in [0.15, 0.2) is 0 Å². The first kappa shape index (κ1) is 12.9. The predicted octanol–water partition coefficient (Wildman–Crippen LogP) is -0.0330. The summed E-state index contributed by atoms with van der Waals surface area (Å²) in [5.41, 5.74) is 0. The van der Waals surface area contributed by atoms with Gasteiger partial charge in [0, 0.05) is 13.0 Å². The molecule has 0 spiro atoms. The Kier molecular flexibility index (Phi) is 7.83. The fourth-order valence-electron chi connectivity index (χ4n) is 0.927. The lowest BCUT2D eigenvalue weighted by Crippen LogP contribution is -2.27. The first-order valence-electron chi connectivity index (χ1n) is 4.86. The Balaban J connectivity index is 3.22. The number of carboxylic acids is 1. The Hall–Kier alpha value is -1.10. The molecule has 0 aliphatic rings. The number of carbonyl (C=O) groups is 2. The summed E-state index contributed by atoms with van der Waals surface area (Å²) in [4.78, 5) is 21.1. The molecule has 0 aromatic carbocycles. The SMILES string of the molecule is CCNCCCNC(=O)CCC(=O)O. The standard InChI is InChI=1S/C9H18N2O3/c1-2-10-6-3-7-11-8(12)4-5-9(13)14/h10H,2-7H2,1H3,(H,11,12)(H,13,14). The third-order valence-electron chi connectivity index (χ3n) is 1.67. The van der Waals surface area contributed by atoms with Gasteiger partial charge < -0.3 is 15.7 Å². The van der Waals surface area contributed by atoms with Gasteiger partial charge in [-0.1, -0.05) is 6.92 Å². The van der Waals surface area contributed by atoms with E-state index in [0.717, 1.165) is 19.5 Å². The maximum atomic E-state index is 11.0. The van der Waals surface area contributed by atoms with Crippen LogP contribution in [0.1, 0.15) is 26.2 Å². The van der Waals surface area contributed by atoms with E-state index in [4.69, 9.17) is 5.11 Å². The minimum absolute atomic E-state index is 0.0660. The maximum Gasteiger partial charge on any atom is 0.303 e. The van der Waals surface area contributed by atoms with Gasteiger partial charge in [0.2, 0.25) is 5.91 Å². The smallest absolute Gasteiger partial charge is 0.303 e. The average Bonchev–Trinajstić information content (AvgIpc) is 2.14. The zero-order chi connectivity index (χ0) is 10.8. The van der Waals surface area contributed by atoms with E-state index in [0.29, 0.717) is 6.54 Å². The Morgan fingerprint density at radius 1 is 1.21 bits per heavy atom. The van der Waals surface area contributed by atoms with E-state index in [1.807, 2.05) is 6.92 Å². The highest BCUT2D eigenvalue weighted by atomic mass is 16.4. The quantitative estimate of drug-likeness (QED) is 0.483. The lowest BCUT2D eigenvalue weighted by atomic mass is 10.3. The van der Waals surface area contributed by atoms with Crippen LogP contribution in [-0.4, -0.2) is 36.6 Å². The maximum absolute atomic E-state index is 11.0. The third kappa shape index (κ3) is 8.99. The highest BCUT2D eigenvalue weighted by Crippen LogP contribution is 1.88. The summed E-state index contributed by atoms with van der Waals surface area (Å²) in [7, 11) is 0. The molecule has 0 aromatic rings. The summed E-state index contributed by atoms with van der Waals surface area (Å²) in [6.07, 6.45) is 0.836. The number of carboxylic acid groups (broad SMARTS) is 1. The van der Waals surface area contributed by atoms with Crippen LogP contribution in [0.2, 0.25) is 0 Å². The minimum Gasteiger partial charge on any atom is -0.481 e. The van der Waals surface area contributed by atoms with Gasteiger partial charge >= 0.3 is 5.97 Å². The van der Waals surface area contributed by atoms with E-state index < -0.39 is 5.97 Å². The van der Waals surface area contributed by atoms with Gasteiger partial charge in [-0.05, 0) is 19.5 Å². The van der Waals surface area contributed by atoms with Gasteiger partial charge in [0.25, 0.3) is 0 Å². The molecule has 14 heavy (non-hydrogen) atoms. The molecule has 82 valence electrons. The van der Waals surface area contributed by atoms with Gasteiger partial charge in [-0.3, -0.25) is 9.59 Å². The van der Waals surface area contributed by atoms with Crippen LogP contribution >= 0.6 is 0 Å². The van der Waals surface area contributed by atoms with Gasteiger partial charge in [-0.2, -0.15) is 0 Å². The molecular weight excluding hydrogens is 184 g/mol. The zero-order valence-electron chi connectivity index (χ0n) is 8.51. The molecule has 0 bridgehead atoms. The Morgan fingerprint density at radius 2 is 1.93 bits per heavy atom. The summed E-state index contributed by atoms with van der Waals surface area (Å²) in [6.45, 7) is 4.42. The topological polar surface area (TPSA) is 78.4 Å². The second-order valence-electron chi connectivity index (χ2n) is 2.95. The fourth-order valence-corrected chi connectivity index (χ4v) is 0.927. The zero-order valence-corrected chi connectivity index (χ0v) is 8.51. The Bertz CT molecular complexity index is 183. The summed E-state index contributed by atoms with van der Waals surface area (Å²) < 4.78 is 0. The highest BCUT2D eigenvalue weighted by molar-refractivity contribution is 5.80. The number of carbonyl (C=O) groups excluding carboxylic acids is 1. The lowest BCUT2D eigenvalue weighted by Gasteiger charge is -2.04. The number of amides is 1. The van der Waals surface area contributed by atoms with Crippen LogP contribution in [-0.2, 0) is 9.59 Å². The van der Waals surface area contributed by atoms with E-state index in [-0.39, 0.29) is 18.7 Å². The van der Waals surface area contributed by atoms with Gasteiger partial charge in [0.1, 0.15) is 0 Å². The van der Waals surface area contributed by atoms with Crippen LogP contribution in [0, 0.1) is 0 Å². The molecule has 0 heterocycles. The van der Waals surface area contributed by atoms with Crippen molar-refractivity contribution in [3.63, 3.8) is 0 Å². The third-order valence-corrected chi connectivity index (χ3v) is 1.67. The Labute approximate surface area is 83.9 Å². The molecule has 0 atom stereocenters. The van der Waals surface area contributed by atoms with Crippen molar-refractivity contribution in [3.8, 4) is 0 Å². The normalized spacial score (nSPS) is 9.79. The molecule has 5 heteroatoms. The van der Waals surface area contributed by atoms with E-state index >= 15 is 0 Å². The molecule has 0 aromatic heterocycles. The van der Waals surface area contributed by atoms with Gasteiger partial charge in [-0.25, -0.2) is 0 Å². The first-order valence-corrected chi connectivity index (χ1v) is 4.86. The second-order valence-corrected chi connectivity index (χ2v) is 2.95. The summed E-state index contributed by atoms with van der Waals surface area (Å²) in [6, 6.07) is 0. The van der Waals surface area contributed by atoms with E-state index in [2.05, 4.69) is 10.6 Å². The van der Waals surface area contributed by atoms with Gasteiger partial charge in [-0.15, -0.1) is 0 Å². The van der Waals surface area contributed by atoms with Crippen molar-refractivity contribution in [1.29, 1.82) is 0 Å². The van der Waals surface area contributed by atoms with Crippen molar-refractivity contribution in [3.05, 3.63) is 0 Å². The van der Waals surface area contributed by atoms with Crippen molar-refractivity contribution < 1.29 is 14.7 Å². The summed E-state index contributed by atoms with van der Waals surface area (Å²) >= 11 is 0. The largest absolute Gasteiger partial charge is 0.481 e. The van der Waals surface area contributed by atoms with Crippen LogP contribution < -0.4 is 10.6 Å². The second kappa shape index (κ2) is 8.50. The summed E-state index contributed by atoms with van der Waals surface area (Å²) in [5.74, 6) is -1.13. The molecule has 3 N–H and O–H groups in total. The Morgan fingerprint density at radius 3 is 2.50 bits per heavy atom. The minimum atomic E-state index is -0.937. The van der Waals surface area contributed by atoms with Crippen molar-refractivity contribution in [1.82, 2.24) is 10.6 Å².